The Morgan fingerprint density at radius 2 is 1.84 bits per heavy atom. The van der Waals surface area contributed by atoms with E-state index in [0.29, 0.717) is 30.7 Å². The van der Waals surface area contributed by atoms with Gasteiger partial charge in [0.25, 0.3) is 0 Å². The largest absolute Gasteiger partial charge is 0.497 e. The number of imidazole rings is 1. The van der Waals surface area contributed by atoms with Crippen LogP contribution >= 0.6 is 0 Å². The molecule has 50 heavy (non-hydrogen) atoms. The average molecular weight is 692 g/mol. The molecule has 1 aliphatic rings. The fraction of sp³-hybridized carbons (Fsp3) is 0.541. The Morgan fingerprint density at radius 3 is 2.48 bits per heavy atom. The maximum atomic E-state index is 14.4. The monoisotopic (exact) mass is 691 g/mol. The van der Waals surface area contributed by atoms with E-state index >= 15 is 0 Å². The van der Waals surface area contributed by atoms with Crippen molar-refractivity contribution in [1.82, 2.24) is 25.2 Å². The standard InChI is InChI=1S/C37H53N7O6/c1-50-29-15-12-26(13-16-29)20-30(39)37(49)44(34(46)11-7-18-38)32(22-28-23-40-24-42-28)36(48)43-31(21-25-8-3-2-4-9-25)35(47)33(45)17-14-27-10-5-6-19-41-27/h5-6,10,12-13,15-16,19,23-25,30-33,35,45,47H,2-4,7-9,11,14,17-18,20-22,38-39H2,1H3,(H,40,42)(H,43,48)/t30?,31-,32?,33-,35+/m0/s1. The van der Waals surface area contributed by atoms with Crippen LogP contribution in [0.5, 0.6) is 5.75 Å². The normalized spacial score (nSPS) is 16.5. The van der Waals surface area contributed by atoms with E-state index in [0.717, 1.165) is 48.3 Å². The first-order valence-corrected chi connectivity index (χ1v) is 17.7. The van der Waals surface area contributed by atoms with Crippen molar-refractivity contribution < 1.29 is 29.3 Å². The lowest BCUT2D eigenvalue weighted by Crippen LogP contribution is -2.60. The molecule has 1 aromatic carbocycles. The minimum Gasteiger partial charge on any atom is -0.497 e. The number of H-pyrrole nitrogens is 1. The molecule has 1 fully saturated rings. The summed E-state index contributed by atoms with van der Waals surface area (Å²) < 4.78 is 5.23. The Bertz CT molecular complexity index is 1450. The zero-order valence-corrected chi connectivity index (χ0v) is 29.0. The van der Waals surface area contributed by atoms with Crippen molar-refractivity contribution in [2.45, 2.75) is 107 Å². The highest BCUT2D eigenvalue weighted by Crippen LogP contribution is 2.29. The molecular weight excluding hydrogens is 638 g/mol. The lowest BCUT2D eigenvalue weighted by molar-refractivity contribution is -0.153. The number of nitrogens with two attached hydrogens (primary N) is 2. The molecule has 3 aromatic rings. The van der Waals surface area contributed by atoms with Gasteiger partial charge in [0, 0.05) is 36.6 Å². The highest BCUT2D eigenvalue weighted by atomic mass is 16.5. The lowest BCUT2D eigenvalue weighted by atomic mass is 9.82. The Labute approximate surface area is 294 Å². The number of hydrogen-bond donors (Lipinski definition) is 6. The molecule has 0 radical (unpaired) electrons. The summed E-state index contributed by atoms with van der Waals surface area (Å²) in [5.74, 6) is -1.04. The summed E-state index contributed by atoms with van der Waals surface area (Å²) in [5.41, 5.74) is 14.2. The number of benzene rings is 1. The van der Waals surface area contributed by atoms with Gasteiger partial charge in [-0.25, -0.2) is 4.98 Å². The number of nitrogens with one attached hydrogen (secondary N) is 2. The molecule has 4 rings (SSSR count). The van der Waals surface area contributed by atoms with Crippen molar-refractivity contribution in [3.63, 3.8) is 0 Å². The topological polar surface area (TPSA) is 210 Å². The minimum atomic E-state index is -1.32. The number of aromatic nitrogens is 3. The van der Waals surface area contributed by atoms with E-state index in [4.69, 9.17) is 16.2 Å². The third kappa shape index (κ3) is 11.4. The van der Waals surface area contributed by atoms with Gasteiger partial charge in [0.1, 0.15) is 17.9 Å². The summed E-state index contributed by atoms with van der Waals surface area (Å²) in [4.78, 5) is 54.7. The lowest BCUT2D eigenvalue weighted by Gasteiger charge is -2.35. The number of carbonyl (C=O) groups is 3. The summed E-state index contributed by atoms with van der Waals surface area (Å²) in [6.45, 7) is 0.217. The number of rotatable bonds is 19. The summed E-state index contributed by atoms with van der Waals surface area (Å²) in [5, 5.41) is 25.7. The summed E-state index contributed by atoms with van der Waals surface area (Å²) >= 11 is 0. The van der Waals surface area contributed by atoms with Crippen molar-refractivity contribution >= 4 is 17.7 Å². The molecule has 0 bridgehead atoms. The van der Waals surface area contributed by atoms with Gasteiger partial charge in [-0.2, -0.15) is 0 Å². The number of amides is 3. The molecule has 1 saturated carbocycles. The van der Waals surface area contributed by atoms with Crippen LogP contribution in [0.25, 0.3) is 0 Å². The molecule has 1 aliphatic carbocycles. The summed E-state index contributed by atoms with van der Waals surface area (Å²) in [6, 6.07) is 9.33. The molecule has 0 aliphatic heterocycles. The van der Waals surface area contributed by atoms with Crippen LogP contribution in [0.4, 0.5) is 0 Å². The van der Waals surface area contributed by atoms with Gasteiger partial charge in [-0.3, -0.25) is 24.3 Å². The number of carbonyl (C=O) groups excluding carboxylic acids is 3. The maximum Gasteiger partial charge on any atom is 0.247 e. The van der Waals surface area contributed by atoms with Crippen molar-refractivity contribution in [1.29, 1.82) is 0 Å². The molecule has 8 N–H and O–H groups in total. The first-order chi connectivity index (χ1) is 24.2. The van der Waals surface area contributed by atoms with E-state index in [1.165, 1.54) is 12.5 Å². The van der Waals surface area contributed by atoms with Gasteiger partial charge in [-0.05, 0) is 74.4 Å². The molecule has 2 heterocycles. The number of aliphatic hydroxyl groups excluding tert-OH is 2. The molecule has 0 spiro atoms. The number of pyridine rings is 1. The Hall–Kier alpha value is -4.17. The van der Waals surface area contributed by atoms with Crippen LogP contribution in [-0.2, 0) is 33.6 Å². The van der Waals surface area contributed by atoms with Gasteiger partial charge in [0.2, 0.25) is 17.7 Å². The molecule has 2 unspecified atom stereocenters. The van der Waals surface area contributed by atoms with Crippen molar-refractivity contribution in [2.75, 3.05) is 13.7 Å². The average Bonchev–Trinajstić information content (AvgIpc) is 3.66. The fourth-order valence-electron chi connectivity index (χ4n) is 6.64. The number of methoxy groups -OCH3 is 1. The number of aliphatic hydroxyl groups is 2. The van der Waals surface area contributed by atoms with Gasteiger partial charge >= 0.3 is 0 Å². The van der Waals surface area contributed by atoms with Crippen LogP contribution in [0.3, 0.4) is 0 Å². The van der Waals surface area contributed by atoms with Crippen molar-refractivity contribution in [2.24, 2.45) is 17.4 Å². The van der Waals surface area contributed by atoms with E-state index in [2.05, 4.69) is 20.3 Å². The maximum absolute atomic E-state index is 14.4. The molecule has 13 nitrogen and oxygen atoms in total. The number of imide groups is 1. The van der Waals surface area contributed by atoms with E-state index < -0.39 is 48.1 Å². The molecule has 3 amide bonds. The Morgan fingerprint density at radius 1 is 1.08 bits per heavy atom. The summed E-state index contributed by atoms with van der Waals surface area (Å²) in [7, 11) is 1.56. The van der Waals surface area contributed by atoms with Crippen LogP contribution in [0.15, 0.2) is 61.2 Å². The SMILES string of the molecule is COc1ccc(CC(N)C(=O)N(C(=O)CCCN)C(Cc2cnc[nH]2)C(=O)N[C@@H](CC2CCCCC2)[C@@H](O)[C@@H](O)CCc2ccccn2)cc1. The molecule has 2 aromatic heterocycles. The number of aromatic amines is 1. The molecule has 272 valence electrons. The molecule has 0 saturated heterocycles. The predicted molar refractivity (Wildman–Crippen MR) is 189 cm³/mol. The number of nitrogens with zero attached hydrogens (tertiary/aromatic N) is 3. The highest BCUT2D eigenvalue weighted by Gasteiger charge is 2.39. The predicted octanol–water partition coefficient (Wildman–Crippen LogP) is 2.20. The Kier molecular flexibility index (Phi) is 15.4. The molecular formula is C37H53N7O6. The van der Waals surface area contributed by atoms with E-state index in [1.807, 2.05) is 18.2 Å². The molecule has 13 heteroatoms. The van der Waals surface area contributed by atoms with Crippen molar-refractivity contribution in [3.8, 4) is 5.75 Å². The van der Waals surface area contributed by atoms with Crippen LogP contribution in [0.2, 0.25) is 0 Å². The van der Waals surface area contributed by atoms with Gasteiger partial charge in [-0.15, -0.1) is 0 Å². The number of hydrogen-bond acceptors (Lipinski definition) is 10. The van der Waals surface area contributed by atoms with Crippen molar-refractivity contribution in [3.05, 3.63) is 78.1 Å². The van der Waals surface area contributed by atoms with Crippen LogP contribution in [0, 0.1) is 5.92 Å². The second-order valence-corrected chi connectivity index (χ2v) is 13.2. The van der Waals surface area contributed by atoms with Crippen LogP contribution < -0.4 is 21.5 Å². The minimum absolute atomic E-state index is 0.0599. The quantitative estimate of drug-likeness (QED) is 0.108. The molecule has 5 atom stereocenters. The number of ether oxygens (including phenoxy) is 1. The zero-order valence-electron chi connectivity index (χ0n) is 29.0. The van der Waals surface area contributed by atoms with E-state index in [9.17, 15) is 24.6 Å². The summed E-state index contributed by atoms with van der Waals surface area (Å²) in [6.07, 6.45) is 8.75. The number of aryl methyl sites for hydroxylation is 1. The van der Waals surface area contributed by atoms with Gasteiger partial charge < -0.3 is 36.7 Å². The van der Waals surface area contributed by atoms with E-state index in [1.54, 1.807) is 37.6 Å². The van der Waals surface area contributed by atoms with E-state index in [-0.39, 0.29) is 38.1 Å². The fourth-order valence-corrected chi connectivity index (χ4v) is 6.64. The smallest absolute Gasteiger partial charge is 0.247 e. The highest BCUT2D eigenvalue weighted by molar-refractivity contribution is 6.02. The first-order valence-electron chi connectivity index (χ1n) is 17.7. The van der Waals surface area contributed by atoms with Gasteiger partial charge in [0.05, 0.1) is 31.6 Å². The third-order valence-corrected chi connectivity index (χ3v) is 9.48. The zero-order chi connectivity index (χ0) is 35.9. The second-order valence-electron chi connectivity index (χ2n) is 13.2. The Balaban J connectivity index is 1.61. The van der Waals surface area contributed by atoms with Gasteiger partial charge in [-0.1, -0.05) is 50.3 Å². The van der Waals surface area contributed by atoms with Gasteiger partial charge in [0.15, 0.2) is 0 Å². The van der Waals surface area contributed by atoms with Crippen LogP contribution in [0.1, 0.15) is 74.7 Å². The van der Waals surface area contributed by atoms with Crippen LogP contribution in [-0.4, -0.2) is 91.8 Å². The second kappa shape index (κ2) is 19.9. The first kappa shape index (κ1) is 38.6. The third-order valence-electron chi connectivity index (χ3n) is 9.48.